The topological polar surface area (TPSA) is 30.2 Å². The fraction of sp³-hybridized carbons (Fsp3) is 0.184. The summed E-state index contributed by atoms with van der Waals surface area (Å²) < 4.78 is 349. The van der Waals surface area contributed by atoms with Gasteiger partial charge in [-0.3, -0.25) is 0 Å². The Morgan fingerprint density at radius 3 is 0.962 bits per heavy atom. The summed E-state index contributed by atoms with van der Waals surface area (Å²) in [5, 5.41) is 2.47. The summed E-state index contributed by atoms with van der Waals surface area (Å²) in [5.74, 6) is 0.195. The van der Waals surface area contributed by atoms with Crippen LogP contribution < -0.4 is 31.2 Å². The number of benzene rings is 6. The van der Waals surface area contributed by atoms with Crippen molar-refractivity contribution < 1.29 is 119 Å². The molecule has 0 atom stereocenters. The average Bonchev–Trinajstić information content (AvgIpc) is 3.90. The molecule has 79 heavy (non-hydrogen) atoms. The molecular formula is C49H25BBrF24NO2S. The molecule has 0 saturated carbocycles. The van der Waals surface area contributed by atoms with E-state index in [-0.39, 0.29) is 5.97 Å². The van der Waals surface area contributed by atoms with E-state index in [0.29, 0.717) is 17.3 Å². The summed E-state index contributed by atoms with van der Waals surface area (Å²) in [4.78, 5) is 12.3. The van der Waals surface area contributed by atoms with E-state index in [1.807, 2.05) is 58.6 Å². The van der Waals surface area contributed by atoms with Gasteiger partial charge in [0.25, 0.3) is 0 Å². The molecule has 0 unspecified atom stereocenters. The zero-order chi connectivity index (χ0) is 59.3. The third-order valence-electron chi connectivity index (χ3n) is 11.5. The molecule has 7 aromatic rings. The minimum atomic E-state index is -6.13. The maximum Gasteiger partial charge on any atom is 0.420 e. The zero-order valence-electron chi connectivity index (χ0n) is 38.2. The monoisotopic (exact) mass is 1240 g/mol. The number of hydrogen-bond acceptors (Lipinski definition) is 3. The lowest BCUT2D eigenvalue weighted by Crippen LogP contribution is -2.75. The number of halogens is 25. The summed E-state index contributed by atoms with van der Waals surface area (Å²) in [7, 11) is 0. The summed E-state index contributed by atoms with van der Waals surface area (Å²) in [5.41, 5.74) is -29.1. The van der Waals surface area contributed by atoms with Crippen molar-refractivity contribution in [2.75, 3.05) is 0 Å². The van der Waals surface area contributed by atoms with Crippen LogP contribution in [-0.2, 0) is 56.0 Å². The van der Waals surface area contributed by atoms with Crippen LogP contribution in [0.4, 0.5) is 105 Å². The van der Waals surface area contributed by atoms with Gasteiger partial charge in [0, 0.05) is 10.0 Å². The SMILES string of the molecule is FC(F)(F)c1cc([B-](c2cc(C(F)(F)F)cc(C(F)(F)F)c2)(c2cc(C(F)(F)F)cc(C(F)(F)F)c2)c2cc(C(F)(F)F)cc(C(F)(F)F)c2)cc(C(F)(F)F)c1.O=C(Oc1ccc(Br)cc1)c1scc[n+]1Cc1ccccc1. The number of alkyl halides is 24. The number of thiazole rings is 1. The van der Waals surface area contributed by atoms with Crippen LogP contribution in [0.1, 0.15) is 59.9 Å². The molecule has 6 aromatic carbocycles. The van der Waals surface area contributed by atoms with Crippen molar-refractivity contribution in [1.29, 1.82) is 0 Å². The highest BCUT2D eigenvalue weighted by Crippen LogP contribution is 2.41. The van der Waals surface area contributed by atoms with Crippen molar-refractivity contribution >= 4 is 61.2 Å². The highest BCUT2D eigenvalue weighted by molar-refractivity contribution is 9.10. The predicted octanol–water partition coefficient (Wildman–Crippen LogP) is 15.3. The highest BCUT2D eigenvalue weighted by atomic mass is 79.9. The molecule has 422 valence electrons. The van der Waals surface area contributed by atoms with E-state index in [4.69, 9.17) is 4.74 Å². The molecule has 30 heteroatoms. The van der Waals surface area contributed by atoms with Crippen LogP contribution in [0, 0.1) is 0 Å². The fourth-order valence-corrected chi connectivity index (χ4v) is 9.10. The Labute approximate surface area is 439 Å². The maximum atomic E-state index is 14.2. The molecule has 7 rings (SSSR count). The lowest BCUT2D eigenvalue weighted by Gasteiger charge is -2.46. The third-order valence-corrected chi connectivity index (χ3v) is 12.9. The number of nitrogens with zero attached hydrogens (tertiary/aromatic N) is 1. The van der Waals surface area contributed by atoms with Gasteiger partial charge in [-0.05, 0) is 48.5 Å². The van der Waals surface area contributed by atoms with Crippen LogP contribution >= 0.6 is 27.3 Å². The summed E-state index contributed by atoms with van der Waals surface area (Å²) in [6.45, 7) is 0.648. The number of carbonyl (C=O) groups is 1. The van der Waals surface area contributed by atoms with Crippen LogP contribution in [0.15, 0.2) is 143 Å². The molecule has 3 nitrogen and oxygen atoms in total. The number of rotatable bonds is 8. The van der Waals surface area contributed by atoms with Crippen molar-refractivity contribution in [2.45, 2.75) is 56.0 Å². The van der Waals surface area contributed by atoms with E-state index in [1.54, 1.807) is 12.1 Å². The molecule has 0 radical (unpaired) electrons. The molecule has 0 N–H and O–H groups in total. The lowest BCUT2D eigenvalue weighted by molar-refractivity contribution is -0.685. The molecule has 0 bridgehead atoms. The van der Waals surface area contributed by atoms with E-state index in [9.17, 15) is 110 Å². The average molecular weight is 1240 g/mol. The van der Waals surface area contributed by atoms with Gasteiger partial charge in [-0.15, -0.1) is 0 Å². The quantitative estimate of drug-likeness (QED) is 0.0499. The zero-order valence-corrected chi connectivity index (χ0v) is 40.6. The van der Waals surface area contributed by atoms with Gasteiger partial charge < -0.3 is 4.74 Å². The number of hydrogen-bond donors (Lipinski definition) is 0. The smallest absolute Gasteiger partial charge is 0.418 e. The second-order valence-electron chi connectivity index (χ2n) is 16.9. The van der Waals surface area contributed by atoms with E-state index in [0.717, 1.165) is 10.0 Å². The summed E-state index contributed by atoms with van der Waals surface area (Å²) >= 11 is 4.73. The van der Waals surface area contributed by atoms with Crippen LogP contribution in [-0.4, -0.2) is 12.1 Å². The van der Waals surface area contributed by atoms with Crippen molar-refractivity contribution in [1.82, 2.24) is 0 Å². The first kappa shape index (κ1) is 61.5. The van der Waals surface area contributed by atoms with Crippen LogP contribution in [0.2, 0.25) is 0 Å². The van der Waals surface area contributed by atoms with Gasteiger partial charge in [0.05, 0.1) is 49.9 Å². The molecule has 0 saturated heterocycles. The number of esters is 1. The van der Waals surface area contributed by atoms with Crippen molar-refractivity contribution in [3.63, 3.8) is 0 Å². The maximum absolute atomic E-state index is 14.2. The first-order valence-electron chi connectivity index (χ1n) is 21.3. The second-order valence-corrected chi connectivity index (χ2v) is 18.7. The first-order valence-corrected chi connectivity index (χ1v) is 23.0. The minimum absolute atomic E-state index is 0.340. The van der Waals surface area contributed by atoms with Crippen LogP contribution in [0.25, 0.3) is 0 Å². The molecule has 0 spiro atoms. The number of carbonyl (C=O) groups excluding carboxylic acids is 1. The van der Waals surface area contributed by atoms with Crippen molar-refractivity contribution in [3.8, 4) is 5.75 Å². The Kier molecular flexibility index (Phi) is 16.9. The molecule has 1 heterocycles. The molecule has 0 aliphatic heterocycles. The fourth-order valence-electron chi connectivity index (χ4n) is 8.10. The minimum Gasteiger partial charge on any atom is -0.418 e. The molecular weight excluding hydrogens is 1210 g/mol. The van der Waals surface area contributed by atoms with Gasteiger partial charge in [0.15, 0.2) is 12.7 Å². The van der Waals surface area contributed by atoms with Crippen LogP contribution in [0.5, 0.6) is 5.75 Å². The van der Waals surface area contributed by atoms with Crippen molar-refractivity contribution in [2.24, 2.45) is 0 Å². The van der Waals surface area contributed by atoms with Crippen molar-refractivity contribution in [3.05, 3.63) is 199 Å². The Hall–Kier alpha value is -6.72. The highest BCUT2D eigenvalue weighted by Gasteiger charge is 2.47. The van der Waals surface area contributed by atoms with Gasteiger partial charge in [-0.25, -0.2) is 4.79 Å². The largest absolute Gasteiger partial charge is 0.420 e. The third kappa shape index (κ3) is 14.6. The molecule has 0 fully saturated rings. The summed E-state index contributed by atoms with van der Waals surface area (Å²) in [6.07, 6.45) is -52.9. The lowest BCUT2D eigenvalue weighted by atomic mass is 9.12. The molecule has 0 amide bonds. The van der Waals surface area contributed by atoms with Gasteiger partial charge >= 0.3 is 60.4 Å². The first-order chi connectivity index (χ1) is 36.0. The molecule has 0 aliphatic carbocycles. The molecule has 1 aromatic heterocycles. The predicted molar refractivity (Wildman–Crippen MR) is 239 cm³/mol. The number of ether oxygens (including phenoxy) is 1. The van der Waals surface area contributed by atoms with Gasteiger partial charge in [-0.1, -0.05) is 106 Å². The Bertz CT molecular complexity index is 2880. The second kappa shape index (κ2) is 21.7. The summed E-state index contributed by atoms with van der Waals surface area (Å²) in [6, 6.07) is 8.42. The number of aromatic nitrogens is 1. The normalized spacial score (nSPS) is 13.2. The van der Waals surface area contributed by atoms with E-state index >= 15 is 0 Å². The molecule has 0 aliphatic rings. The standard InChI is InChI=1S/C32H12BF24.C17H13BrNO2S/c34-25(35,36)13-1-14(26(37,38)39)6-21(5-13)33(22-7-15(27(40,41)42)2-16(8-22)28(43,44)45,23-9-17(29(46,47)48)3-18(10-23)30(49,50)51)24-11-19(31(52,53)54)4-20(12-24)32(55,56)57;18-14-6-8-15(9-7-14)21-17(20)16-19(10-11-22-16)12-13-4-2-1-3-5-13/h1-12H;1-11H,12H2/q-1;+1. The Balaban J connectivity index is 0.000000378. The van der Waals surface area contributed by atoms with E-state index in [2.05, 4.69) is 15.9 Å². The Morgan fingerprint density at radius 2 is 0.696 bits per heavy atom. The van der Waals surface area contributed by atoms with Crippen LogP contribution in [0.3, 0.4) is 0 Å². The Morgan fingerprint density at radius 1 is 0.418 bits per heavy atom. The van der Waals surface area contributed by atoms with E-state index < -0.39 is 195 Å². The van der Waals surface area contributed by atoms with Gasteiger partial charge in [0.1, 0.15) is 11.9 Å². The van der Waals surface area contributed by atoms with Gasteiger partial charge in [-0.2, -0.15) is 132 Å². The van der Waals surface area contributed by atoms with E-state index in [1.165, 1.54) is 11.3 Å². The van der Waals surface area contributed by atoms with Gasteiger partial charge in [0.2, 0.25) is 0 Å².